The number of aliphatic hydroxyl groups excluding tert-OH is 1. The summed E-state index contributed by atoms with van der Waals surface area (Å²) in [4.78, 5) is 7.36. The smallest absolute Gasteiger partial charge is 0.162 e. The predicted molar refractivity (Wildman–Crippen MR) is 113 cm³/mol. The van der Waals surface area contributed by atoms with Crippen LogP contribution in [0.2, 0.25) is 0 Å². The highest BCUT2D eigenvalue weighted by Crippen LogP contribution is 2.29. The molecule has 1 atom stereocenters. The third-order valence-corrected chi connectivity index (χ3v) is 5.61. The van der Waals surface area contributed by atoms with Gasteiger partial charge in [-0.15, -0.1) is 0 Å². The lowest BCUT2D eigenvalue weighted by molar-refractivity contribution is 0.262. The van der Waals surface area contributed by atoms with E-state index in [2.05, 4.69) is 52.6 Å². The molecule has 1 aliphatic rings. The third-order valence-electron chi connectivity index (χ3n) is 5.61. The van der Waals surface area contributed by atoms with Crippen LogP contribution in [0.1, 0.15) is 43.7 Å². The summed E-state index contributed by atoms with van der Waals surface area (Å²) in [5.41, 5.74) is 3.30. The molecule has 1 saturated heterocycles. The van der Waals surface area contributed by atoms with Crippen molar-refractivity contribution in [2.24, 2.45) is 0 Å². The number of anilines is 2. The molecule has 0 saturated carbocycles. The van der Waals surface area contributed by atoms with E-state index in [4.69, 9.17) is 4.98 Å². The van der Waals surface area contributed by atoms with E-state index in [9.17, 15) is 5.11 Å². The van der Waals surface area contributed by atoms with E-state index in [0.29, 0.717) is 6.04 Å². The summed E-state index contributed by atoms with van der Waals surface area (Å²) < 4.78 is 1.91. The van der Waals surface area contributed by atoms with Crippen LogP contribution in [0.15, 0.2) is 42.6 Å². The Kier molecular flexibility index (Phi) is 5.76. The largest absolute Gasteiger partial charge is 0.396 e. The van der Waals surface area contributed by atoms with Crippen LogP contribution in [0.3, 0.4) is 0 Å². The maximum absolute atomic E-state index is 9.50. The Bertz CT molecular complexity index is 906. The molecule has 1 aliphatic heterocycles. The van der Waals surface area contributed by atoms with E-state index < -0.39 is 0 Å². The molecule has 0 aliphatic carbocycles. The highest BCUT2D eigenvalue weighted by Gasteiger charge is 2.24. The normalized spacial score (nSPS) is 17.2. The third kappa shape index (κ3) is 3.83. The number of aryl methyl sites for hydroxylation is 1. The minimum absolute atomic E-state index is 0.218. The quantitative estimate of drug-likeness (QED) is 0.656. The lowest BCUT2D eigenvalue weighted by Crippen LogP contribution is -2.40. The van der Waals surface area contributed by atoms with Crippen LogP contribution in [-0.4, -0.2) is 38.9 Å². The highest BCUT2D eigenvalue weighted by atomic mass is 16.3. The van der Waals surface area contributed by atoms with Gasteiger partial charge in [0.25, 0.3) is 0 Å². The van der Waals surface area contributed by atoms with Crippen LogP contribution in [-0.2, 0) is 13.0 Å². The Morgan fingerprint density at radius 3 is 2.86 bits per heavy atom. The van der Waals surface area contributed by atoms with Crippen LogP contribution in [0, 0.1) is 0 Å². The molecule has 0 radical (unpaired) electrons. The van der Waals surface area contributed by atoms with Crippen molar-refractivity contribution in [3.8, 4) is 0 Å². The van der Waals surface area contributed by atoms with Crippen LogP contribution in [0.4, 0.5) is 11.6 Å². The molecule has 1 fully saturated rings. The maximum atomic E-state index is 9.50. The van der Waals surface area contributed by atoms with Crippen LogP contribution < -0.4 is 10.2 Å². The van der Waals surface area contributed by atoms with E-state index in [-0.39, 0.29) is 6.61 Å². The fourth-order valence-electron chi connectivity index (χ4n) is 4.06. The number of fused-ring (bicyclic) bond motifs is 1. The number of hydrogen-bond donors (Lipinski definition) is 2. The maximum Gasteiger partial charge on any atom is 0.162 e. The number of piperidine rings is 1. The molecule has 0 amide bonds. The molecule has 6 nitrogen and oxygen atoms in total. The molecule has 0 bridgehead atoms. The predicted octanol–water partition coefficient (Wildman–Crippen LogP) is 3.65. The second-order valence-corrected chi connectivity index (χ2v) is 7.45. The van der Waals surface area contributed by atoms with E-state index in [1.54, 1.807) is 0 Å². The minimum Gasteiger partial charge on any atom is -0.396 e. The standard InChI is InChI=1S/C22H29N5O/c1-2-18-16-24-27-20(23-15-17-8-4-3-5-9-17)14-21(25-22(18)27)26-12-7-6-10-19(26)11-13-28/h3-5,8-9,14,16,19,23,28H,2,6-7,10-13,15H2,1H3/t19-/m0/s1. The van der Waals surface area contributed by atoms with Crippen molar-refractivity contribution in [3.63, 3.8) is 0 Å². The number of benzene rings is 1. The first-order valence-corrected chi connectivity index (χ1v) is 10.3. The summed E-state index contributed by atoms with van der Waals surface area (Å²) in [6.45, 7) is 4.08. The minimum atomic E-state index is 0.218. The lowest BCUT2D eigenvalue weighted by atomic mass is 9.99. The number of hydrogen-bond acceptors (Lipinski definition) is 5. The molecule has 0 spiro atoms. The Hall–Kier alpha value is -2.60. The van der Waals surface area contributed by atoms with Crippen molar-refractivity contribution < 1.29 is 5.11 Å². The summed E-state index contributed by atoms with van der Waals surface area (Å²) in [7, 11) is 0. The summed E-state index contributed by atoms with van der Waals surface area (Å²) >= 11 is 0. The zero-order valence-corrected chi connectivity index (χ0v) is 16.5. The molecular formula is C22H29N5O. The molecule has 28 heavy (non-hydrogen) atoms. The number of nitrogens with zero attached hydrogens (tertiary/aromatic N) is 4. The van der Waals surface area contributed by atoms with Gasteiger partial charge in [0.2, 0.25) is 0 Å². The average Bonchev–Trinajstić information content (AvgIpc) is 3.16. The van der Waals surface area contributed by atoms with Crippen molar-refractivity contribution in [2.75, 3.05) is 23.4 Å². The highest BCUT2D eigenvalue weighted by molar-refractivity contribution is 5.61. The van der Waals surface area contributed by atoms with Crippen molar-refractivity contribution >= 4 is 17.3 Å². The molecule has 2 aromatic heterocycles. The van der Waals surface area contributed by atoms with Gasteiger partial charge in [-0.05, 0) is 37.7 Å². The zero-order chi connectivity index (χ0) is 19.3. The first-order chi connectivity index (χ1) is 13.8. The molecular weight excluding hydrogens is 350 g/mol. The van der Waals surface area contributed by atoms with Gasteiger partial charge in [-0.2, -0.15) is 9.61 Å². The number of nitrogens with one attached hydrogen (secondary N) is 1. The Labute approximate surface area is 166 Å². The monoisotopic (exact) mass is 379 g/mol. The second kappa shape index (κ2) is 8.61. The van der Waals surface area contributed by atoms with E-state index in [1.807, 2.05) is 16.8 Å². The van der Waals surface area contributed by atoms with Crippen molar-refractivity contribution in [1.29, 1.82) is 0 Å². The first kappa shape index (κ1) is 18.7. The van der Waals surface area contributed by atoms with E-state index >= 15 is 0 Å². The van der Waals surface area contributed by atoms with Gasteiger partial charge in [-0.1, -0.05) is 37.3 Å². The van der Waals surface area contributed by atoms with Gasteiger partial charge < -0.3 is 15.3 Å². The lowest BCUT2D eigenvalue weighted by Gasteiger charge is -2.36. The van der Waals surface area contributed by atoms with Crippen LogP contribution >= 0.6 is 0 Å². The fourth-order valence-corrected chi connectivity index (χ4v) is 4.06. The number of rotatable bonds is 7. The SMILES string of the molecule is CCc1cnn2c(NCc3ccccc3)cc(N3CCCC[C@H]3CCO)nc12. The Balaban J connectivity index is 1.70. The van der Waals surface area contributed by atoms with Gasteiger partial charge in [0.15, 0.2) is 5.65 Å². The summed E-state index contributed by atoms with van der Waals surface area (Å²) in [6, 6.07) is 12.8. The van der Waals surface area contributed by atoms with Crippen molar-refractivity contribution in [3.05, 3.63) is 53.7 Å². The molecule has 1 aromatic carbocycles. The van der Waals surface area contributed by atoms with Crippen molar-refractivity contribution in [2.45, 2.75) is 51.6 Å². The summed E-state index contributed by atoms with van der Waals surface area (Å²) in [5, 5.41) is 17.6. The molecule has 148 valence electrons. The average molecular weight is 380 g/mol. The summed E-state index contributed by atoms with van der Waals surface area (Å²) in [6.07, 6.45) is 7.11. The molecule has 6 heteroatoms. The van der Waals surface area contributed by atoms with Gasteiger partial charge in [0, 0.05) is 37.4 Å². The fraction of sp³-hybridized carbons (Fsp3) is 0.455. The Morgan fingerprint density at radius 2 is 2.07 bits per heavy atom. The first-order valence-electron chi connectivity index (χ1n) is 10.3. The summed E-state index contributed by atoms with van der Waals surface area (Å²) in [5.74, 6) is 1.94. The molecule has 3 heterocycles. The topological polar surface area (TPSA) is 65.7 Å². The molecule has 0 unspecified atom stereocenters. The molecule has 4 rings (SSSR count). The molecule has 2 N–H and O–H groups in total. The van der Waals surface area contributed by atoms with Gasteiger partial charge in [0.1, 0.15) is 11.6 Å². The number of aromatic nitrogens is 3. The molecule has 3 aromatic rings. The van der Waals surface area contributed by atoms with Gasteiger partial charge in [-0.25, -0.2) is 4.98 Å². The number of aliphatic hydroxyl groups is 1. The van der Waals surface area contributed by atoms with Crippen molar-refractivity contribution in [1.82, 2.24) is 14.6 Å². The van der Waals surface area contributed by atoms with Crippen LogP contribution in [0.25, 0.3) is 5.65 Å². The second-order valence-electron chi connectivity index (χ2n) is 7.45. The van der Waals surface area contributed by atoms with Gasteiger partial charge >= 0.3 is 0 Å². The van der Waals surface area contributed by atoms with Crippen LogP contribution in [0.5, 0.6) is 0 Å². The van der Waals surface area contributed by atoms with Gasteiger partial charge in [0.05, 0.1) is 6.20 Å². The van der Waals surface area contributed by atoms with Gasteiger partial charge in [-0.3, -0.25) is 0 Å². The van der Waals surface area contributed by atoms with E-state index in [0.717, 1.165) is 55.2 Å². The zero-order valence-electron chi connectivity index (χ0n) is 16.5. The van der Waals surface area contributed by atoms with E-state index in [1.165, 1.54) is 18.4 Å². The Morgan fingerprint density at radius 1 is 1.21 bits per heavy atom.